The lowest BCUT2D eigenvalue weighted by Gasteiger charge is -2.27. The molecule has 3 aromatic carbocycles. The number of benzene rings is 3. The highest BCUT2D eigenvalue weighted by Gasteiger charge is 2.25. The summed E-state index contributed by atoms with van der Waals surface area (Å²) in [7, 11) is -4.63. The molecule has 0 bridgehead atoms. The summed E-state index contributed by atoms with van der Waals surface area (Å²) in [6, 6.07) is 23.9. The van der Waals surface area contributed by atoms with Gasteiger partial charge >= 0.3 is 7.82 Å². The van der Waals surface area contributed by atoms with Gasteiger partial charge in [0, 0.05) is 5.92 Å². The summed E-state index contributed by atoms with van der Waals surface area (Å²) in [5, 5.41) is 0. The van der Waals surface area contributed by atoms with Crippen molar-refractivity contribution < 1.29 is 18.9 Å². The second-order valence-corrected chi connectivity index (χ2v) is 9.32. The monoisotopic (exact) mass is 424 g/mol. The van der Waals surface area contributed by atoms with Crippen molar-refractivity contribution in [2.75, 3.05) is 0 Å². The smallest absolute Gasteiger partial charge is 0.404 e. The number of hydrogen-bond donors (Lipinski definition) is 2. The molecule has 0 fully saturated rings. The third kappa shape index (κ3) is 5.20. The fourth-order valence-corrected chi connectivity index (χ4v) is 4.40. The molecule has 0 radical (unpaired) electrons. The Balaban J connectivity index is 2.26. The SMILES string of the molecule is CC(C)c1ccccc1C(c1cccc(OP(=O)(O)O)c1)c1ccccc1C(C)C. The van der Waals surface area contributed by atoms with E-state index in [2.05, 4.69) is 64.1 Å². The maximum atomic E-state index is 11.4. The van der Waals surface area contributed by atoms with Crippen LogP contribution in [0.25, 0.3) is 0 Å². The molecule has 0 unspecified atom stereocenters. The number of phosphoric ester groups is 1. The van der Waals surface area contributed by atoms with Crippen molar-refractivity contribution in [2.24, 2.45) is 0 Å². The molecule has 3 rings (SSSR count). The van der Waals surface area contributed by atoms with Crippen molar-refractivity contribution in [3.05, 3.63) is 101 Å². The van der Waals surface area contributed by atoms with E-state index < -0.39 is 7.82 Å². The molecule has 0 aliphatic carbocycles. The van der Waals surface area contributed by atoms with Crippen LogP contribution in [0.5, 0.6) is 5.75 Å². The summed E-state index contributed by atoms with van der Waals surface area (Å²) >= 11 is 0. The molecule has 4 nitrogen and oxygen atoms in total. The highest BCUT2D eigenvalue weighted by molar-refractivity contribution is 7.46. The molecular weight excluding hydrogens is 395 g/mol. The Bertz CT molecular complexity index is 1000. The van der Waals surface area contributed by atoms with Crippen LogP contribution in [0.3, 0.4) is 0 Å². The summed E-state index contributed by atoms with van der Waals surface area (Å²) in [4.78, 5) is 18.5. The van der Waals surface area contributed by atoms with Crippen LogP contribution >= 0.6 is 7.82 Å². The largest absolute Gasteiger partial charge is 0.524 e. The van der Waals surface area contributed by atoms with Crippen molar-refractivity contribution in [3.8, 4) is 5.75 Å². The molecular formula is C25H29O4P. The zero-order chi connectivity index (χ0) is 21.9. The van der Waals surface area contributed by atoms with Gasteiger partial charge in [-0.3, -0.25) is 9.79 Å². The first-order chi connectivity index (χ1) is 14.2. The average Bonchev–Trinajstić information content (AvgIpc) is 2.68. The van der Waals surface area contributed by atoms with E-state index in [1.54, 1.807) is 18.2 Å². The molecule has 5 heteroatoms. The predicted molar refractivity (Wildman–Crippen MR) is 121 cm³/mol. The van der Waals surface area contributed by atoms with E-state index in [-0.39, 0.29) is 11.7 Å². The Kier molecular flexibility index (Phi) is 6.82. The standard InChI is InChI=1S/C25H29O4P/c1-17(2)21-12-5-7-14-23(21)25(24-15-8-6-13-22(24)18(3)4)19-10-9-11-20(16-19)29-30(26,27)28/h5-18,25H,1-4H3,(H2,26,27,28). The van der Waals surface area contributed by atoms with Gasteiger partial charge in [0.25, 0.3) is 0 Å². The average molecular weight is 424 g/mol. The molecule has 0 aliphatic heterocycles. The number of rotatable bonds is 7. The summed E-state index contributed by atoms with van der Waals surface area (Å²) in [5.41, 5.74) is 5.81. The first-order valence-electron chi connectivity index (χ1n) is 10.2. The number of phosphoric acid groups is 1. The van der Waals surface area contributed by atoms with Crippen LogP contribution in [0.4, 0.5) is 0 Å². The lowest BCUT2D eigenvalue weighted by atomic mass is 9.77. The minimum Gasteiger partial charge on any atom is -0.404 e. The van der Waals surface area contributed by atoms with E-state index in [1.165, 1.54) is 22.3 Å². The molecule has 0 atom stereocenters. The summed E-state index contributed by atoms with van der Waals surface area (Å²) in [6.45, 7) is 8.71. The Morgan fingerprint density at radius 2 is 1.17 bits per heavy atom. The molecule has 0 saturated heterocycles. The summed E-state index contributed by atoms with van der Waals surface area (Å²) in [5.74, 6) is 0.756. The number of hydrogen-bond acceptors (Lipinski definition) is 2. The molecule has 0 amide bonds. The lowest BCUT2D eigenvalue weighted by molar-refractivity contribution is 0.283. The molecule has 0 saturated carbocycles. The van der Waals surface area contributed by atoms with Gasteiger partial charge in [0.2, 0.25) is 0 Å². The predicted octanol–water partition coefficient (Wildman–Crippen LogP) is 6.59. The second kappa shape index (κ2) is 9.18. The minimum absolute atomic E-state index is 0.0810. The van der Waals surface area contributed by atoms with Gasteiger partial charge in [-0.25, -0.2) is 4.57 Å². The van der Waals surface area contributed by atoms with Crippen molar-refractivity contribution in [1.29, 1.82) is 0 Å². The van der Waals surface area contributed by atoms with E-state index in [4.69, 9.17) is 4.52 Å². The highest BCUT2D eigenvalue weighted by Crippen LogP contribution is 2.42. The first-order valence-corrected chi connectivity index (χ1v) is 11.7. The van der Waals surface area contributed by atoms with E-state index >= 15 is 0 Å². The van der Waals surface area contributed by atoms with Gasteiger partial charge in [-0.1, -0.05) is 88.4 Å². The van der Waals surface area contributed by atoms with Gasteiger partial charge in [0.1, 0.15) is 5.75 Å². The normalized spacial score (nSPS) is 12.0. The minimum atomic E-state index is -4.63. The van der Waals surface area contributed by atoms with E-state index in [0.29, 0.717) is 11.8 Å². The van der Waals surface area contributed by atoms with Gasteiger partial charge in [-0.2, -0.15) is 0 Å². The van der Waals surface area contributed by atoms with Crippen LogP contribution in [-0.2, 0) is 4.57 Å². The highest BCUT2D eigenvalue weighted by atomic mass is 31.2. The van der Waals surface area contributed by atoms with Crippen molar-refractivity contribution >= 4 is 7.82 Å². The van der Waals surface area contributed by atoms with Gasteiger partial charge < -0.3 is 4.52 Å². The van der Waals surface area contributed by atoms with Gasteiger partial charge in [0.15, 0.2) is 0 Å². The Labute approximate surface area is 178 Å². The third-order valence-corrected chi connectivity index (χ3v) is 5.72. The van der Waals surface area contributed by atoms with Gasteiger partial charge in [0.05, 0.1) is 0 Å². The first kappa shape index (κ1) is 22.3. The Morgan fingerprint density at radius 1 is 0.700 bits per heavy atom. The van der Waals surface area contributed by atoms with Crippen LogP contribution in [0.1, 0.15) is 73.3 Å². The molecule has 2 N–H and O–H groups in total. The molecule has 0 aromatic heterocycles. The molecule has 0 aliphatic rings. The molecule has 0 heterocycles. The second-order valence-electron chi connectivity index (χ2n) is 8.15. The fraction of sp³-hybridized carbons (Fsp3) is 0.280. The summed E-state index contributed by atoms with van der Waals surface area (Å²) < 4.78 is 16.3. The van der Waals surface area contributed by atoms with Crippen molar-refractivity contribution in [2.45, 2.75) is 45.4 Å². The maximum absolute atomic E-state index is 11.4. The van der Waals surface area contributed by atoms with Crippen LogP contribution in [-0.4, -0.2) is 9.79 Å². The fourth-order valence-electron chi connectivity index (χ4n) is 4.01. The Morgan fingerprint density at radius 3 is 1.60 bits per heavy atom. The van der Waals surface area contributed by atoms with Gasteiger partial charge in [-0.05, 0) is 51.8 Å². The maximum Gasteiger partial charge on any atom is 0.524 e. The molecule has 30 heavy (non-hydrogen) atoms. The van der Waals surface area contributed by atoms with E-state index in [9.17, 15) is 14.4 Å². The van der Waals surface area contributed by atoms with Crippen LogP contribution in [0.2, 0.25) is 0 Å². The van der Waals surface area contributed by atoms with Crippen LogP contribution < -0.4 is 4.52 Å². The van der Waals surface area contributed by atoms with E-state index in [0.717, 1.165) is 5.56 Å². The van der Waals surface area contributed by atoms with Crippen molar-refractivity contribution in [3.63, 3.8) is 0 Å². The van der Waals surface area contributed by atoms with Gasteiger partial charge in [-0.15, -0.1) is 0 Å². The zero-order valence-electron chi connectivity index (χ0n) is 17.8. The van der Waals surface area contributed by atoms with Crippen LogP contribution in [0, 0.1) is 0 Å². The Hall–Kier alpha value is -2.39. The zero-order valence-corrected chi connectivity index (χ0v) is 18.7. The quantitative estimate of drug-likeness (QED) is 0.332. The molecule has 158 valence electrons. The molecule has 3 aromatic rings. The summed E-state index contributed by atoms with van der Waals surface area (Å²) in [6.07, 6.45) is 0. The van der Waals surface area contributed by atoms with E-state index in [1.807, 2.05) is 18.2 Å². The van der Waals surface area contributed by atoms with Crippen LogP contribution in [0.15, 0.2) is 72.8 Å². The van der Waals surface area contributed by atoms with Crippen molar-refractivity contribution in [1.82, 2.24) is 0 Å². The topological polar surface area (TPSA) is 66.8 Å². The third-order valence-electron chi connectivity index (χ3n) is 5.27. The molecule has 0 spiro atoms. The lowest BCUT2D eigenvalue weighted by Crippen LogP contribution is -2.11.